The lowest BCUT2D eigenvalue weighted by atomic mass is 10.1. The highest BCUT2D eigenvalue weighted by Gasteiger charge is 2.30. The molecule has 2 aromatic heterocycles. The maximum absolute atomic E-state index is 13.7. The lowest BCUT2D eigenvalue weighted by Crippen LogP contribution is -2.13. The third-order valence-corrected chi connectivity index (χ3v) is 5.22. The van der Waals surface area contributed by atoms with Gasteiger partial charge < -0.3 is 5.32 Å². The van der Waals surface area contributed by atoms with Gasteiger partial charge >= 0.3 is 6.18 Å². The molecule has 9 heteroatoms. The lowest BCUT2D eigenvalue weighted by molar-refractivity contribution is -0.137. The Balaban J connectivity index is 1.64. The van der Waals surface area contributed by atoms with E-state index in [1.165, 1.54) is 23.6 Å². The largest absolute Gasteiger partial charge is 0.416 e. The van der Waals surface area contributed by atoms with Gasteiger partial charge in [-0.1, -0.05) is 24.3 Å². The number of thiophene rings is 1. The molecule has 0 spiro atoms. The number of carbonyl (C=O) groups is 1. The number of hydrogen-bond acceptors (Lipinski definition) is 3. The van der Waals surface area contributed by atoms with Gasteiger partial charge in [-0.2, -0.15) is 18.3 Å². The van der Waals surface area contributed by atoms with Crippen LogP contribution in [-0.4, -0.2) is 15.7 Å². The van der Waals surface area contributed by atoms with Crippen molar-refractivity contribution in [3.8, 4) is 0 Å². The predicted octanol–water partition coefficient (Wildman–Crippen LogP) is 5.56. The third-order valence-electron chi connectivity index (χ3n) is 4.33. The molecule has 0 atom stereocenters. The van der Waals surface area contributed by atoms with Crippen molar-refractivity contribution in [2.45, 2.75) is 12.7 Å². The van der Waals surface area contributed by atoms with Crippen LogP contribution in [0.1, 0.15) is 20.8 Å². The molecule has 1 amide bonds. The van der Waals surface area contributed by atoms with Crippen molar-refractivity contribution < 1.29 is 22.4 Å². The van der Waals surface area contributed by atoms with E-state index in [1.807, 2.05) is 0 Å². The molecule has 0 saturated heterocycles. The van der Waals surface area contributed by atoms with Gasteiger partial charge in [0.1, 0.15) is 10.7 Å². The quantitative estimate of drug-likeness (QED) is 0.441. The summed E-state index contributed by atoms with van der Waals surface area (Å²) >= 11 is 0.981. The van der Waals surface area contributed by atoms with Crippen LogP contribution in [0.25, 0.3) is 10.9 Å². The van der Waals surface area contributed by atoms with E-state index < -0.39 is 23.5 Å². The first-order valence-corrected chi connectivity index (χ1v) is 9.37. The van der Waals surface area contributed by atoms with E-state index >= 15 is 0 Å². The number of fused-ring (bicyclic) bond motifs is 1. The molecule has 2 heterocycles. The van der Waals surface area contributed by atoms with Crippen molar-refractivity contribution in [1.82, 2.24) is 9.78 Å². The van der Waals surface area contributed by atoms with Crippen molar-refractivity contribution in [3.63, 3.8) is 0 Å². The van der Waals surface area contributed by atoms with Gasteiger partial charge in [-0.05, 0) is 41.3 Å². The van der Waals surface area contributed by atoms with Crippen LogP contribution < -0.4 is 5.32 Å². The van der Waals surface area contributed by atoms with E-state index in [0.717, 1.165) is 23.5 Å². The summed E-state index contributed by atoms with van der Waals surface area (Å²) in [6.07, 6.45) is -4.40. The monoisotopic (exact) mass is 419 g/mol. The molecule has 148 valence electrons. The van der Waals surface area contributed by atoms with Gasteiger partial charge in [-0.25, -0.2) is 4.39 Å². The van der Waals surface area contributed by atoms with Crippen molar-refractivity contribution in [2.75, 3.05) is 5.32 Å². The molecule has 0 bridgehead atoms. The third kappa shape index (κ3) is 3.86. The first kappa shape index (κ1) is 19.1. The SMILES string of the molecule is O=C(Nc1nn(Cc2ccc(C(F)(F)F)cc2)c2ccccc12)c1sccc1F. The molecular formula is C20H13F4N3OS. The minimum atomic E-state index is -4.40. The Kier molecular flexibility index (Phi) is 4.83. The second-order valence-corrected chi connectivity index (χ2v) is 7.19. The number of hydrogen-bond donors (Lipinski definition) is 1. The van der Waals surface area contributed by atoms with Gasteiger partial charge in [0.05, 0.1) is 17.6 Å². The number of anilines is 1. The van der Waals surface area contributed by atoms with E-state index in [2.05, 4.69) is 10.4 Å². The van der Waals surface area contributed by atoms with Gasteiger partial charge in [0.15, 0.2) is 5.82 Å². The van der Waals surface area contributed by atoms with Crippen molar-refractivity contribution in [2.24, 2.45) is 0 Å². The van der Waals surface area contributed by atoms with Gasteiger partial charge in [0.2, 0.25) is 0 Å². The smallest absolute Gasteiger partial charge is 0.304 e. The van der Waals surface area contributed by atoms with Crippen LogP contribution in [-0.2, 0) is 12.7 Å². The molecule has 29 heavy (non-hydrogen) atoms. The molecule has 1 N–H and O–H groups in total. The fourth-order valence-electron chi connectivity index (χ4n) is 2.93. The zero-order valence-electron chi connectivity index (χ0n) is 14.7. The number of rotatable bonds is 4. The normalized spacial score (nSPS) is 11.7. The number of alkyl halides is 3. The van der Waals surface area contributed by atoms with Crippen LogP contribution in [0.2, 0.25) is 0 Å². The van der Waals surface area contributed by atoms with E-state index in [0.29, 0.717) is 16.5 Å². The van der Waals surface area contributed by atoms with Crippen LogP contribution in [0.3, 0.4) is 0 Å². The fraction of sp³-hybridized carbons (Fsp3) is 0.100. The first-order chi connectivity index (χ1) is 13.8. The predicted molar refractivity (Wildman–Crippen MR) is 103 cm³/mol. The minimum Gasteiger partial charge on any atom is -0.304 e. The van der Waals surface area contributed by atoms with E-state index in [9.17, 15) is 22.4 Å². The average molecular weight is 419 g/mol. The van der Waals surface area contributed by atoms with Gasteiger partial charge in [-0.3, -0.25) is 9.48 Å². The number of carbonyl (C=O) groups excluding carboxylic acids is 1. The molecule has 4 aromatic rings. The van der Waals surface area contributed by atoms with Crippen LogP contribution in [0.4, 0.5) is 23.4 Å². The molecule has 0 unspecified atom stereocenters. The minimum absolute atomic E-state index is 0.0497. The molecule has 0 fully saturated rings. The maximum Gasteiger partial charge on any atom is 0.416 e. The zero-order chi connectivity index (χ0) is 20.6. The van der Waals surface area contributed by atoms with E-state index in [-0.39, 0.29) is 17.2 Å². The number of benzene rings is 2. The summed E-state index contributed by atoms with van der Waals surface area (Å²) in [6.45, 7) is 0.210. The highest BCUT2D eigenvalue weighted by atomic mass is 32.1. The molecule has 0 radical (unpaired) electrons. The number of para-hydroxylation sites is 1. The maximum atomic E-state index is 13.7. The molecule has 0 aliphatic rings. The Bertz CT molecular complexity index is 1180. The van der Waals surface area contributed by atoms with Crippen LogP contribution in [0.5, 0.6) is 0 Å². The van der Waals surface area contributed by atoms with Crippen molar-refractivity contribution >= 4 is 34.0 Å². The average Bonchev–Trinajstić information content (AvgIpc) is 3.26. The molecule has 0 aliphatic heterocycles. The lowest BCUT2D eigenvalue weighted by Gasteiger charge is -2.08. The van der Waals surface area contributed by atoms with Crippen molar-refractivity contribution in [1.29, 1.82) is 0 Å². The second-order valence-electron chi connectivity index (χ2n) is 6.27. The second kappa shape index (κ2) is 7.32. The summed E-state index contributed by atoms with van der Waals surface area (Å²) in [4.78, 5) is 12.3. The summed E-state index contributed by atoms with van der Waals surface area (Å²) in [5, 5.41) is 9.12. The number of amides is 1. The van der Waals surface area contributed by atoms with Crippen molar-refractivity contribution in [3.05, 3.63) is 81.8 Å². The van der Waals surface area contributed by atoms with Gasteiger partial charge in [0, 0.05) is 5.39 Å². The highest BCUT2D eigenvalue weighted by molar-refractivity contribution is 7.12. The summed E-state index contributed by atoms with van der Waals surface area (Å²) in [5.74, 6) is -0.964. The summed E-state index contributed by atoms with van der Waals surface area (Å²) in [5.41, 5.74) is 0.584. The Morgan fingerprint density at radius 2 is 1.79 bits per heavy atom. The molecule has 0 aliphatic carbocycles. The number of halogens is 4. The van der Waals surface area contributed by atoms with Gasteiger partial charge in [0.25, 0.3) is 5.91 Å². The number of aromatic nitrogens is 2. The van der Waals surface area contributed by atoms with Crippen LogP contribution in [0, 0.1) is 5.82 Å². The number of nitrogens with one attached hydrogen (secondary N) is 1. The Morgan fingerprint density at radius 3 is 2.45 bits per heavy atom. The summed E-state index contributed by atoms with van der Waals surface area (Å²) in [7, 11) is 0. The topological polar surface area (TPSA) is 46.9 Å². The zero-order valence-corrected chi connectivity index (χ0v) is 15.5. The number of nitrogens with zero attached hydrogens (tertiary/aromatic N) is 2. The van der Waals surface area contributed by atoms with Gasteiger partial charge in [-0.15, -0.1) is 11.3 Å². The van der Waals surface area contributed by atoms with Crippen LogP contribution >= 0.6 is 11.3 Å². The summed E-state index contributed by atoms with van der Waals surface area (Å²) < 4.78 is 53.5. The standard InChI is InChI=1S/C20H13F4N3OS/c21-15-9-10-29-17(15)19(28)25-18-14-3-1-2-4-16(14)27(26-18)11-12-5-7-13(8-6-12)20(22,23)24/h1-10H,11H2,(H,25,26,28). The molecule has 4 rings (SSSR count). The Labute approximate surface area is 166 Å². The first-order valence-electron chi connectivity index (χ1n) is 8.49. The van der Waals surface area contributed by atoms with Crippen LogP contribution in [0.15, 0.2) is 60.0 Å². The summed E-state index contributed by atoms with van der Waals surface area (Å²) in [6, 6.07) is 13.1. The molecule has 2 aromatic carbocycles. The Morgan fingerprint density at radius 1 is 1.07 bits per heavy atom. The fourth-order valence-corrected chi connectivity index (χ4v) is 3.59. The molecular weight excluding hydrogens is 406 g/mol. The van der Waals surface area contributed by atoms with E-state index in [4.69, 9.17) is 0 Å². The molecule has 4 nitrogen and oxygen atoms in total. The molecule has 0 saturated carbocycles. The Hall–Kier alpha value is -3.20. The highest BCUT2D eigenvalue weighted by Crippen LogP contribution is 2.30. The van der Waals surface area contributed by atoms with E-state index in [1.54, 1.807) is 28.9 Å².